The molecule has 0 saturated carbocycles. The summed E-state index contributed by atoms with van der Waals surface area (Å²) in [6.07, 6.45) is 1.70. The van der Waals surface area contributed by atoms with Crippen LogP contribution in [0, 0.1) is 18.7 Å². The Morgan fingerprint density at radius 2 is 1.70 bits per heavy atom. The van der Waals surface area contributed by atoms with E-state index in [1.54, 1.807) is 6.07 Å². The molecule has 0 aliphatic carbocycles. The van der Waals surface area contributed by atoms with Crippen LogP contribution in [0.3, 0.4) is 0 Å². The number of aryl methyl sites for hydroxylation is 1. The van der Waals surface area contributed by atoms with Crippen molar-refractivity contribution in [2.24, 2.45) is 11.7 Å². The lowest BCUT2D eigenvalue weighted by Crippen LogP contribution is -2.20. The number of benzene rings is 2. The second-order valence-corrected chi connectivity index (χ2v) is 5.94. The molecule has 2 aromatic rings. The van der Waals surface area contributed by atoms with Crippen LogP contribution in [0.25, 0.3) is 0 Å². The highest BCUT2D eigenvalue weighted by Gasteiger charge is 2.13. The van der Waals surface area contributed by atoms with Crippen molar-refractivity contribution in [1.29, 1.82) is 0 Å². The van der Waals surface area contributed by atoms with Gasteiger partial charge in [0.25, 0.3) is 0 Å². The van der Waals surface area contributed by atoms with Crippen LogP contribution >= 0.6 is 15.9 Å². The topological polar surface area (TPSA) is 26.0 Å². The van der Waals surface area contributed by atoms with E-state index in [0.29, 0.717) is 16.9 Å². The first kappa shape index (κ1) is 15.2. The van der Waals surface area contributed by atoms with Crippen molar-refractivity contribution in [3.05, 3.63) is 69.4 Å². The summed E-state index contributed by atoms with van der Waals surface area (Å²) in [5.74, 6) is 0.100. The summed E-state index contributed by atoms with van der Waals surface area (Å²) in [4.78, 5) is 0. The van der Waals surface area contributed by atoms with Gasteiger partial charge in [0.05, 0.1) is 4.47 Å². The summed E-state index contributed by atoms with van der Waals surface area (Å²) >= 11 is 3.32. The molecule has 20 heavy (non-hydrogen) atoms. The number of halogens is 2. The summed E-state index contributed by atoms with van der Waals surface area (Å²) in [6, 6.07) is 13.5. The first-order valence-corrected chi connectivity index (χ1v) is 7.58. The Kier molecular flexibility index (Phi) is 5.32. The molecule has 0 aliphatic rings. The number of rotatable bonds is 5. The average molecular weight is 336 g/mol. The quantitative estimate of drug-likeness (QED) is 0.868. The lowest BCUT2D eigenvalue weighted by molar-refractivity contribution is 0.527. The minimum absolute atomic E-state index is 0.214. The third-order valence-corrected chi connectivity index (χ3v) is 4.53. The largest absolute Gasteiger partial charge is 0.330 e. The van der Waals surface area contributed by atoms with Crippen LogP contribution < -0.4 is 5.73 Å². The molecule has 1 nitrogen and oxygen atoms in total. The van der Waals surface area contributed by atoms with Gasteiger partial charge in [-0.3, -0.25) is 0 Å². The molecule has 2 N–H and O–H groups in total. The molecule has 0 saturated heterocycles. The zero-order valence-electron chi connectivity index (χ0n) is 11.6. The van der Waals surface area contributed by atoms with E-state index < -0.39 is 0 Å². The molecular formula is C17H19BrFN. The highest BCUT2D eigenvalue weighted by molar-refractivity contribution is 9.10. The smallest absolute Gasteiger partial charge is 0.137 e. The second-order valence-electron chi connectivity index (χ2n) is 5.15. The maximum Gasteiger partial charge on any atom is 0.137 e. The maximum absolute atomic E-state index is 13.5. The van der Waals surface area contributed by atoms with Crippen LogP contribution in [-0.4, -0.2) is 6.54 Å². The first-order valence-electron chi connectivity index (χ1n) is 6.79. The van der Waals surface area contributed by atoms with Gasteiger partial charge in [0.15, 0.2) is 0 Å². The number of hydrogen-bond donors (Lipinski definition) is 1. The van der Waals surface area contributed by atoms with E-state index >= 15 is 0 Å². The molecular weight excluding hydrogens is 317 g/mol. The van der Waals surface area contributed by atoms with Crippen LogP contribution in [-0.2, 0) is 12.8 Å². The van der Waals surface area contributed by atoms with E-state index in [4.69, 9.17) is 5.73 Å². The fourth-order valence-electron chi connectivity index (χ4n) is 2.41. The molecule has 0 heterocycles. The van der Waals surface area contributed by atoms with Crippen LogP contribution in [0.4, 0.5) is 4.39 Å². The summed E-state index contributed by atoms with van der Waals surface area (Å²) in [5, 5.41) is 0. The summed E-state index contributed by atoms with van der Waals surface area (Å²) in [6.45, 7) is 2.71. The molecule has 3 heteroatoms. The van der Waals surface area contributed by atoms with Gasteiger partial charge in [-0.15, -0.1) is 0 Å². The van der Waals surface area contributed by atoms with E-state index in [1.165, 1.54) is 17.2 Å². The van der Waals surface area contributed by atoms with Crippen molar-refractivity contribution in [1.82, 2.24) is 0 Å². The molecule has 0 aliphatic heterocycles. The number of hydrogen-bond acceptors (Lipinski definition) is 1. The van der Waals surface area contributed by atoms with Crippen LogP contribution in [0.15, 0.2) is 46.9 Å². The van der Waals surface area contributed by atoms with Crippen LogP contribution in [0.2, 0.25) is 0 Å². The first-order chi connectivity index (χ1) is 9.61. The van der Waals surface area contributed by atoms with Crippen molar-refractivity contribution in [3.63, 3.8) is 0 Å². The third-order valence-electron chi connectivity index (χ3n) is 3.64. The normalized spacial score (nSPS) is 12.4. The Bertz CT molecular complexity index is 583. The predicted octanol–water partition coefficient (Wildman–Crippen LogP) is 4.26. The van der Waals surface area contributed by atoms with Crippen molar-refractivity contribution in [3.8, 4) is 0 Å². The molecule has 0 fully saturated rings. The summed E-state index contributed by atoms with van der Waals surface area (Å²) < 4.78 is 14.1. The zero-order chi connectivity index (χ0) is 14.5. The Balaban J connectivity index is 2.14. The Hall–Kier alpha value is -1.19. The van der Waals surface area contributed by atoms with Crippen molar-refractivity contribution in [2.75, 3.05) is 6.54 Å². The Labute approximate surface area is 128 Å². The fourth-order valence-corrected chi connectivity index (χ4v) is 2.83. The van der Waals surface area contributed by atoms with Gasteiger partial charge in [-0.1, -0.05) is 36.4 Å². The maximum atomic E-state index is 13.5. The highest BCUT2D eigenvalue weighted by atomic mass is 79.9. The molecule has 0 bridgehead atoms. The molecule has 0 amide bonds. The second kappa shape index (κ2) is 7.00. The Morgan fingerprint density at radius 1 is 1.05 bits per heavy atom. The van der Waals surface area contributed by atoms with Gasteiger partial charge < -0.3 is 5.73 Å². The van der Waals surface area contributed by atoms with Gasteiger partial charge >= 0.3 is 0 Å². The SMILES string of the molecule is Cc1ccccc1CC(CN)Cc1cccc(F)c1Br. The molecule has 2 rings (SSSR count). The summed E-state index contributed by atoms with van der Waals surface area (Å²) in [7, 11) is 0. The van der Waals surface area contributed by atoms with Crippen LogP contribution in [0.1, 0.15) is 16.7 Å². The molecule has 1 unspecified atom stereocenters. The van der Waals surface area contributed by atoms with Gasteiger partial charge in [0.2, 0.25) is 0 Å². The van der Waals surface area contributed by atoms with E-state index in [1.807, 2.05) is 18.2 Å². The van der Waals surface area contributed by atoms with Crippen LogP contribution in [0.5, 0.6) is 0 Å². The lowest BCUT2D eigenvalue weighted by atomic mass is 9.91. The van der Waals surface area contributed by atoms with E-state index in [9.17, 15) is 4.39 Å². The fraction of sp³-hybridized carbons (Fsp3) is 0.294. The lowest BCUT2D eigenvalue weighted by Gasteiger charge is -2.17. The summed E-state index contributed by atoms with van der Waals surface area (Å²) in [5.41, 5.74) is 9.48. The molecule has 106 valence electrons. The van der Waals surface area contributed by atoms with Crippen molar-refractivity contribution < 1.29 is 4.39 Å². The molecule has 0 radical (unpaired) electrons. The molecule has 1 atom stereocenters. The molecule has 2 aromatic carbocycles. The molecule has 0 aromatic heterocycles. The number of nitrogens with two attached hydrogens (primary N) is 1. The third kappa shape index (κ3) is 3.68. The Morgan fingerprint density at radius 3 is 2.40 bits per heavy atom. The van der Waals surface area contributed by atoms with E-state index in [0.717, 1.165) is 18.4 Å². The van der Waals surface area contributed by atoms with Gasteiger partial charge in [0, 0.05) is 0 Å². The zero-order valence-corrected chi connectivity index (χ0v) is 13.2. The van der Waals surface area contributed by atoms with Gasteiger partial charge in [0.1, 0.15) is 5.82 Å². The monoisotopic (exact) mass is 335 g/mol. The van der Waals surface area contributed by atoms with E-state index in [2.05, 4.69) is 35.0 Å². The average Bonchev–Trinajstić information content (AvgIpc) is 2.45. The minimum atomic E-state index is -0.214. The predicted molar refractivity (Wildman–Crippen MR) is 85.2 cm³/mol. The van der Waals surface area contributed by atoms with Gasteiger partial charge in [-0.05, 0) is 70.9 Å². The standard InChI is InChI=1S/C17H19BrFN/c1-12-5-2-3-6-14(12)9-13(11-20)10-15-7-4-8-16(19)17(15)18/h2-8,13H,9-11,20H2,1H3. The van der Waals surface area contributed by atoms with Gasteiger partial charge in [-0.25, -0.2) is 4.39 Å². The highest BCUT2D eigenvalue weighted by Crippen LogP contribution is 2.24. The van der Waals surface area contributed by atoms with Crippen molar-refractivity contribution in [2.45, 2.75) is 19.8 Å². The van der Waals surface area contributed by atoms with E-state index in [-0.39, 0.29) is 5.82 Å². The molecule has 0 spiro atoms. The minimum Gasteiger partial charge on any atom is -0.330 e. The van der Waals surface area contributed by atoms with Gasteiger partial charge in [-0.2, -0.15) is 0 Å². The van der Waals surface area contributed by atoms with Crippen molar-refractivity contribution >= 4 is 15.9 Å².